The molecule has 0 saturated carbocycles. The molecule has 0 unspecified atom stereocenters. The van der Waals surface area contributed by atoms with Crippen LogP contribution >= 0.6 is 0 Å². The maximum atomic E-state index is 11.5. The molecule has 0 fully saturated rings. The highest BCUT2D eigenvalue weighted by Gasteiger charge is 2.16. The van der Waals surface area contributed by atoms with Gasteiger partial charge in [0.15, 0.2) is 0 Å². The van der Waals surface area contributed by atoms with Gasteiger partial charge in [-0.15, -0.1) is 0 Å². The fourth-order valence-electron chi connectivity index (χ4n) is 2.04. The lowest BCUT2D eigenvalue weighted by Gasteiger charge is -2.31. The van der Waals surface area contributed by atoms with Crippen LogP contribution in [0.2, 0.25) is 0 Å². The van der Waals surface area contributed by atoms with Crippen LogP contribution in [-0.2, 0) is 4.74 Å². The SMILES string of the molecule is COC(=O)c1ccc(N(CC(C)C)C(C)C)c(N)c1. The molecule has 0 bridgehead atoms. The average molecular weight is 264 g/mol. The van der Waals surface area contributed by atoms with E-state index in [1.165, 1.54) is 7.11 Å². The first-order chi connectivity index (χ1) is 8.86. The van der Waals surface area contributed by atoms with Crippen molar-refractivity contribution in [2.75, 3.05) is 24.3 Å². The third-order valence-electron chi connectivity index (χ3n) is 2.94. The molecule has 1 rings (SSSR count). The van der Waals surface area contributed by atoms with Crippen LogP contribution in [0.5, 0.6) is 0 Å². The second-order valence-electron chi connectivity index (χ2n) is 5.41. The van der Waals surface area contributed by atoms with Gasteiger partial charge >= 0.3 is 5.97 Å². The number of esters is 1. The summed E-state index contributed by atoms with van der Waals surface area (Å²) < 4.78 is 4.70. The Balaban J connectivity index is 3.08. The highest BCUT2D eigenvalue weighted by molar-refractivity contribution is 5.92. The van der Waals surface area contributed by atoms with Crippen molar-refractivity contribution in [1.82, 2.24) is 0 Å². The van der Waals surface area contributed by atoms with Crippen molar-refractivity contribution in [2.24, 2.45) is 5.92 Å². The van der Waals surface area contributed by atoms with Gasteiger partial charge in [-0.2, -0.15) is 0 Å². The Morgan fingerprint density at radius 3 is 2.37 bits per heavy atom. The summed E-state index contributed by atoms with van der Waals surface area (Å²) in [5.41, 5.74) is 8.14. The maximum absolute atomic E-state index is 11.5. The van der Waals surface area contributed by atoms with Gasteiger partial charge in [-0.25, -0.2) is 4.79 Å². The molecule has 0 amide bonds. The average Bonchev–Trinajstić information content (AvgIpc) is 2.34. The van der Waals surface area contributed by atoms with Crippen LogP contribution in [0.3, 0.4) is 0 Å². The van der Waals surface area contributed by atoms with Gasteiger partial charge in [0.25, 0.3) is 0 Å². The molecular weight excluding hydrogens is 240 g/mol. The number of nitrogens with two attached hydrogens (primary N) is 1. The molecule has 0 atom stereocenters. The van der Waals surface area contributed by atoms with Crippen molar-refractivity contribution in [2.45, 2.75) is 33.7 Å². The smallest absolute Gasteiger partial charge is 0.337 e. The van der Waals surface area contributed by atoms with E-state index in [0.29, 0.717) is 23.2 Å². The Morgan fingerprint density at radius 1 is 1.32 bits per heavy atom. The Hall–Kier alpha value is -1.71. The van der Waals surface area contributed by atoms with Crippen LogP contribution in [0.4, 0.5) is 11.4 Å². The van der Waals surface area contributed by atoms with Crippen molar-refractivity contribution in [3.8, 4) is 0 Å². The van der Waals surface area contributed by atoms with Gasteiger partial charge in [0, 0.05) is 12.6 Å². The molecule has 4 nitrogen and oxygen atoms in total. The first-order valence-corrected chi connectivity index (χ1v) is 6.61. The number of rotatable bonds is 5. The number of hydrogen-bond acceptors (Lipinski definition) is 4. The number of anilines is 2. The minimum atomic E-state index is -0.363. The first kappa shape index (κ1) is 15.3. The number of carbonyl (C=O) groups excluding carboxylic acids is 1. The van der Waals surface area contributed by atoms with Crippen LogP contribution < -0.4 is 10.6 Å². The number of benzene rings is 1. The summed E-state index contributed by atoms with van der Waals surface area (Å²) in [7, 11) is 1.37. The summed E-state index contributed by atoms with van der Waals surface area (Å²) >= 11 is 0. The van der Waals surface area contributed by atoms with Crippen LogP contribution in [0, 0.1) is 5.92 Å². The fraction of sp³-hybridized carbons (Fsp3) is 0.533. The van der Waals surface area contributed by atoms with E-state index in [1.54, 1.807) is 12.1 Å². The van der Waals surface area contributed by atoms with E-state index >= 15 is 0 Å². The van der Waals surface area contributed by atoms with Gasteiger partial charge in [0.1, 0.15) is 0 Å². The molecule has 106 valence electrons. The molecule has 0 aromatic heterocycles. The zero-order valence-corrected chi connectivity index (χ0v) is 12.4. The van der Waals surface area contributed by atoms with Crippen LogP contribution in [0.25, 0.3) is 0 Å². The first-order valence-electron chi connectivity index (χ1n) is 6.61. The molecule has 1 aromatic carbocycles. The van der Waals surface area contributed by atoms with Crippen molar-refractivity contribution in [3.05, 3.63) is 23.8 Å². The monoisotopic (exact) mass is 264 g/mol. The van der Waals surface area contributed by atoms with E-state index in [1.807, 2.05) is 6.07 Å². The predicted octanol–water partition coefficient (Wildman–Crippen LogP) is 2.93. The highest BCUT2D eigenvalue weighted by atomic mass is 16.5. The third-order valence-corrected chi connectivity index (χ3v) is 2.94. The Kier molecular flexibility index (Phi) is 5.21. The molecule has 1 aromatic rings. The largest absolute Gasteiger partial charge is 0.465 e. The molecule has 0 aliphatic carbocycles. The zero-order chi connectivity index (χ0) is 14.6. The van der Waals surface area contributed by atoms with E-state index in [0.717, 1.165) is 12.2 Å². The molecule has 0 radical (unpaired) electrons. The van der Waals surface area contributed by atoms with E-state index in [2.05, 4.69) is 32.6 Å². The molecular formula is C15H24N2O2. The number of nitrogens with zero attached hydrogens (tertiary/aromatic N) is 1. The summed E-state index contributed by atoms with van der Waals surface area (Å²) in [5.74, 6) is 0.181. The number of carbonyl (C=O) groups is 1. The lowest BCUT2D eigenvalue weighted by atomic mass is 10.1. The van der Waals surface area contributed by atoms with Gasteiger partial charge < -0.3 is 15.4 Å². The molecule has 0 aliphatic heterocycles. The van der Waals surface area contributed by atoms with Crippen LogP contribution in [0.1, 0.15) is 38.1 Å². The summed E-state index contributed by atoms with van der Waals surface area (Å²) in [4.78, 5) is 13.7. The zero-order valence-electron chi connectivity index (χ0n) is 12.4. The van der Waals surface area contributed by atoms with Gasteiger partial charge in [-0.1, -0.05) is 13.8 Å². The van der Waals surface area contributed by atoms with Crippen molar-refractivity contribution < 1.29 is 9.53 Å². The Labute approximate surface area is 115 Å². The fourth-order valence-corrected chi connectivity index (χ4v) is 2.04. The van der Waals surface area contributed by atoms with E-state index in [4.69, 9.17) is 10.5 Å². The molecule has 0 spiro atoms. The number of ether oxygens (including phenoxy) is 1. The number of nitrogen functional groups attached to an aromatic ring is 1. The van der Waals surface area contributed by atoms with Crippen LogP contribution in [-0.4, -0.2) is 25.7 Å². The highest BCUT2D eigenvalue weighted by Crippen LogP contribution is 2.27. The van der Waals surface area contributed by atoms with Gasteiger partial charge in [-0.3, -0.25) is 0 Å². The maximum Gasteiger partial charge on any atom is 0.337 e. The number of methoxy groups -OCH3 is 1. The van der Waals surface area contributed by atoms with Crippen molar-refractivity contribution >= 4 is 17.3 Å². The quantitative estimate of drug-likeness (QED) is 0.656. The summed E-state index contributed by atoms with van der Waals surface area (Å²) in [5, 5.41) is 0. The van der Waals surface area contributed by atoms with Crippen molar-refractivity contribution in [3.63, 3.8) is 0 Å². The molecule has 19 heavy (non-hydrogen) atoms. The normalized spacial score (nSPS) is 10.9. The molecule has 0 heterocycles. The minimum absolute atomic E-state index is 0.355. The van der Waals surface area contributed by atoms with Gasteiger partial charge in [0.05, 0.1) is 24.0 Å². The van der Waals surface area contributed by atoms with Crippen LogP contribution in [0.15, 0.2) is 18.2 Å². The van der Waals surface area contributed by atoms with E-state index < -0.39 is 0 Å². The third kappa shape index (κ3) is 3.88. The lowest BCUT2D eigenvalue weighted by Crippen LogP contribution is -2.34. The standard InChI is InChI=1S/C15H24N2O2/c1-10(2)9-17(11(3)4)14-7-6-12(8-13(14)16)15(18)19-5/h6-8,10-11H,9,16H2,1-5H3. The van der Waals surface area contributed by atoms with Crippen molar-refractivity contribution in [1.29, 1.82) is 0 Å². The minimum Gasteiger partial charge on any atom is -0.465 e. The Morgan fingerprint density at radius 2 is 1.95 bits per heavy atom. The van der Waals surface area contributed by atoms with E-state index in [-0.39, 0.29) is 5.97 Å². The Bertz CT molecular complexity index is 442. The summed E-state index contributed by atoms with van der Waals surface area (Å²) in [6.45, 7) is 9.55. The predicted molar refractivity (Wildman–Crippen MR) is 79.5 cm³/mol. The summed E-state index contributed by atoms with van der Waals surface area (Å²) in [6, 6.07) is 5.68. The van der Waals surface area contributed by atoms with E-state index in [9.17, 15) is 4.79 Å². The number of hydrogen-bond donors (Lipinski definition) is 1. The van der Waals surface area contributed by atoms with Gasteiger partial charge in [0.2, 0.25) is 0 Å². The second-order valence-corrected chi connectivity index (χ2v) is 5.41. The summed E-state index contributed by atoms with van der Waals surface area (Å²) in [6.07, 6.45) is 0. The second kappa shape index (κ2) is 6.45. The molecule has 0 saturated heterocycles. The van der Waals surface area contributed by atoms with Gasteiger partial charge in [-0.05, 0) is 38.0 Å². The molecule has 4 heteroatoms. The molecule has 0 aliphatic rings. The molecule has 2 N–H and O–H groups in total. The lowest BCUT2D eigenvalue weighted by molar-refractivity contribution is 0.0601. The topological polar surface area (TPSA) is 55.6 Å².